The van der Waals surface area contributed by atoms with Crippen LogP contribution in [0, 0.1) is 17.8 Å². The van der Waals surface area contributed by atoms with Crippen molar-refractivity contribution >= 4 is 23.4 Å². The molecule has 7 heteroatoms. The summed E-state index contributed by atoms with van der Waals surface area (Å²) in [4.78, 5) is 41.9. The van der Waals surface area contributed by atoms with Crippen molar-refractivity contribution in [2.75, 3.05) is 12.4 Å². The van der Waals surface area contributed by atoms with Gasteiger partial charge < -0.3 is 10.1 Å². The zero-order chi connectivity index (χ0) is 21.9. The number of nitrogens with one attached hydrogen (secondary N) is 2. The first-order valence-electron chi connectivity index (χ1n) is 10.6. The number of methoxy groups -OCH3 is 1. The molecule has 4 atom stereocenters. The fourth-order valence-corrected chi connectivity index (χ4v) is 5.48. The molecular weight excluding hydrogens is 394 g/mol. The van der Waals surface area contributed by atoms with Gasteiger partial charge in [-0.05, 0) is 18.1 Å². The third-order valence-electron chi connectivity index (χ3n) is 6.89. The van der Waals surface area contributed by atoms with Crippen LogP contribution < -0.4 is 15.4 Å². The van der Waals surface area contributed by atoms with Gasteiger partial charge in [0, 0.05) is 22.9 Å². The van der Waals surface area contributed by atoms with Gasteiger partial charge in [0.1, 0.15) is 11.3 Å². The highest BCUT2D eigenvalue weighted by atomic mass is 16.5. The van der Waals surface area contributed by atoms with E-state index in [9.17, 15) is 14.4 Å². The minimum atomic E-state index is -1.24. The lowest BCUT2D eigenvalue weighted by atomic mass is 9.76. The number of carbonyl (C=O) groups excluding carboxylic acids is 3. The van der Waals surface area contributed by atoms with Crippen LogP contribution in [0.4, 0.5) is 5.69 Å². The molecule has 0 saturated carbocycles. The van der Waals surface area contributed by atoms with Gasteiger partial charge >= 0.3 is 0 Å². The molecule has 0 aromatic heterocycles. The average Bonchev–Trinajstić information content (AvgIpc) is 3.35. The predicted molar refractivity (Wildman–Crippen MR) is 114 cm³/mol. The zero-order valence-corrected chi connectivity index (χ0v) is 17.7. The van der Waals surface area contributed by atoms with E-state index >= 15 is 0 Å². The van der Waals surface area contributed by atoms with Gasteiger partial charge in [0.25, 0.3) is 0 Å². The van der Waals surface area contributed by atoms with E-state index in [-0.39, 0.29) is 36.2 Å². The fraction of sp³-hybridized carbons (Fsp3) is 0.375. The van der Waals surface area contributed by atoms with Crippen LogP contribution in [0.3, 0.4) is 0 Å². The number of benzene rings is 2. The maximum absolute atomic E-state index is 13.7. The minimum absolute atomic E-state index is 0.0652. The third kappa shape index (κ3) is 2.59. The maximum Gasteiger partial charge on any atom is 0.250 e. The second kappa shape index (κ2) is 6.92. The molecule has 2 aromatic carbocycles. The van der Waals surface area contributed by atoms with Gasteiger partial charge in [-0.25, -0.2) is 0 Å². The van der Waals surface area contributed by atoms with Crippen molar-refractivity contribution in [1.82, 2.24) is 10.2 Å². The van der Waals surface area contributed by atoms with Gasteiger partial charge in [0.2, 0.25) is 17.7 Å². The van der Waals surface area contributed by atoms with Crippen molar-refractivity contribution < 1.29 is 19.1 Å². The van der Waals surface area contributed by atoms with E-state index in [4.69, 9.17) is 4.74 Å². The number of para-hydroxylation sites is 2. The van der Waals surface area contributed by atoms with E-state index in [2.05, 4.69) is 10.6 Å². The number of fused-ring (bicyclic) bond motifs is 4. The van der Waals surface area contributed by atoms with Gasteiger partial charge in [-0.1, -0.05) is 50.2 Å². The Morgan fingerprint density at radius 2 is 1.74 bits per heavy atom. The Labute approximate surface area is 180 Å². The molecule has 3 aliphatic rings. The standard InChI is InChI=1S/C24H25N3O4/c1-13(2)20-18-19(24(26-20)15-9-5-6-10-16(15)25-23(24)30)22(29)27(21(18)28)12-14-8-4-7-11-17(14)31-3/h4-11,13,18-20,26H,12H2,1-3H3,(H,25,30)/t18-,19+,20-,24-/m0/s1. The SMILES string of the molecule is COc1ccccc1CN1C(=O)[C@@H]2[C@H](C(C)C)N[C@]3(C(=O)Nc4ccccc43)[C@H]2C1=O. The Morgan fingerprint density at radius 3 is 2.48 bits per heavy atom. The molecule has 0 unspecified atom stereocenters. The van der Waals surface area contributed by atoms with Crippen LogP contribution in [-0.2, 0) is 26.5 Å². The highest BCUT2D eigenvalue weighted by Gasteiger charge is 2.70. The van der Waals surface area contributed by atoms with Crippen LogP contribution in [0.15, 0.2) is 48.5 Å². The largest absolute Gasteiger partial charge is 0.496 e. The number of hydrogen-bond donors (Lipinski definition) is 2. The molecule has 2 N–H and O–H groups in total. The summed E-state index contributed by atoms with van der Waals surface area (Å²) in [5, 5.41) is 6.35. The van der Waals surface area contributed by atoms with Crippen molar-refractivity contribution in [3.63, 3.8) is 0 Å². The molecule has 2 fully saturated rings. The van der Waals surface area contributed by atoms with E-state index in [1.165, 1.54) is 4.90 Å². The molecule has 3 aliphatic heterocycles. The number of rotatable bonds is 4. The second-order valence-electron chi connectivity index (χ2n) is 8.80. The van der Waals surface area contributed by atoms with Gasteiger partial charge in [-0.15, -0.1) is 0 Å². The van der Waals surface area contributed by atoms with Gasteiger partial charge in [-0.2, -0.15) is 0 Å². The summed E-state index contributed by atoms with van der Waals surface area (Å²) in [7, 11) is 1.56. The molecule has 31 heavy (non-hydrogen) atoms. The number of hydrogen-bond acceptors (Lipinski definition) is 5. The van der Waals surface area contributed by atoms with E-state index in [1.54, 1.807) is 7.11 Å². The highest BCUT2D eigenvalue weighted by Crippen LogP contribution is 2.54. The van der Waals surface area contributed by atoms with Crippen LogP contribution in [0.1, 0.15) is 25.0 Å². The first-order chi connectivity index (χ1) is 14.9. The van der Waals surface area contributed by atoms with Crippen LogP contribution in [0.2, 0.25) is 0 Å². The van der Waals surface area contributed by atoms with Crippen molar-refractivity contribution in [3.05, 3.63) is 59.7 Å². The molecule has 0 bridgehead atoms. The quantitative estimate of drug-likeness (QED) is 0.743. The molecular formula is C24H25N3O4. The molecule has 7 nitrogen and oxygen atoms in total. The Balaban J connectivity index is 1.60. The number of nitrogens with zero attached hydrogens (tertiary/aromatic N) is 1. The Hall–Kier alpha value is -3.19. The number of ether oxygens (including phenoxy) is 1. The van der Waals surface area contributed by atoms with Crippen LogP contribution in [0.25, 0.3) is 0 Å². The number of carbonyl (C=O) groups is 3. The number of anilines is 1. The van der Waals surface area contributed by atoms with Crippen molar-refractivity contribution in [1.29, 1.82) is 0 Å². The Morgan fingerprint density at radius 1 is 1.03 bits per heavy atom. The second-order valence-corrected chi connectivity index (χ2v) is 8.80. The molecule has 160 valence electrons. The minimum Gasteiger partial charge on any atom is -0.496 e. The first kappa shape index (κ1) is 19.8. The van der Waals surface area contributed by atoms with Crippen LogP contribution in [-0.4, -0.2) is 35.8 Å². The lowest BCUT2D eigenvalue weighted by Gasteiger charge is -2.30. The van der Waals surface area contributed by atoms with E-state index < -0.39 is 17.4 Å². The monoisotopic (exact) mass is 419 g/mol. The summed E-state index contributed by atoms with van der Waals surface area (Å²) in [6.45, 7) is 4.14. The topological polar surface area (TPSA) is 87.7 Å². The zero-order valence-electron chi connectivity index (χ0n) is 17.7. The van der Waals surface area contributed by atoms with Crippen molar-refractivity contribution in [2.24, 2.45) is 17.8 Å². The summed E-state index contributed by atoms with van der Waals surface area (Å²) < 4.78 is 5.41. The Kier molecular flexibility index (Phi) is 4.41. The molecule has 2 aromatic rings. The lowest BCUT2D eigenvalue weighted by molar-refractivity contribution is -0.143. The predicted octanol–water partition coefficient (Wildman–Crippen LogP) is 2.27. The molecule has 3 amide bonds. The van der Waals surface area contributed by atoms with Crippen molar-refractivity contribution in [3.8, 4) is 5.75 Å². The number of imide groups is 1. The van der Waals surface area contributed by atoms with Crippen LogP contribution >= 0.6 is 0 Å². The number of amides is 3. The average molecular weight is 419 g/mol. The van der Waals surface area contributed by atoms with Crippen molar-refractivity contribution in [2.45, 2.75) is 32.0 Å². The third-order valence-corrected chi connectivity index (χ3v) is 6.89. The van der Waals surface area contributed by atoms with Gasteiger partial charge in [-0.3, -0.25) is 24.6 Å². The summed E-state index contributed by atoms with van der Waals surface area (Å²) >= 11 is 0. The molecule has 0 aliphatic carbocycles. The highest BCUT2D eigenvalue weighted by molar-refractivity contribution is 6.15. The lowest BCUT2D eigenvalue weighted by Crippen LogP contribution is -2.53. The summed E-state index contributed by atoms with van der Waals surface area (Å²) in [5.41, 5.74) is 0.939. The molecule has 3 heterocycles. The molecule has 2 saturated heterocycles. The summed E-state index contributed by atoms with van der Waals surface area (Å²) in [5.74, 6) is -1.52. The summed E-state index contributed by atoms with van der Waals surface area (Å²) in [6, 6.07) is 14.5. The maximum atomic E-state index is 13.7. The van der Waals surface area contributed by atoms with E-state index in [0.29, 0.717) is 11.4 Å². The summed E-state index contributed by atoms with van der Waals surface area (Å²) in [6.07, 6.45) is 0. The van der Waals surface area contributed by atoms with Gasteiger partial charge in [0.15, 0.2) is 0 Å². The van der Waals surface area contributed by atoms with Gasteiger partial charge in [0.05, 0.1) is 25.5 Å². The normalized spacial score (nSPS) is 29.0. The number of likely N-dealkylation sites (tertiary alicyclic amines) is 1. The Bertz CT molecular complexity index is 1100. The molecule has 5 rings (SSSR count). The van der Waals surface area contributed by atoms with Crippen LogP contribution in [0.5, 0.6) is 5.75 Å². The van der Waals surface area contributed by atoms with E-state index in [0.717, 1.165) is 11.1 Å². The molecule has 1 spiro atoms. The molecule has 0 radical (unpaired) electrons. The van der Waals surface area contributed by atoms with E-state index in [1.807, 2.05) is 62.4 Å². The smallest absolute Gasteiger partial charge is 0.250 e. The fourth-order valence-electron chi connectivity index (χ4n) is 5.48. The first-order valence-corrected chi connectivity index (χ1v) is 10.6.